The highest BCUT2D eigenvalue weighted by molar-refractivity contribution is 7.85. The van der Waals surface area contributed by atoms with Crippen LogP contribution >= 0.6 is 0 Å². The van der Waals surface area contributed by atoms with Crippen molar-refractivity contribution in [2.24, 2.45) is 29.6 Å². The number of rotatable bonds is 3. The van der Waals surface area contributed by atoms with E-state index < -0.39 is 21.7 Å². The fourth-order valence-electron chi connectivity index (χ4n) is 7.06. The summed E-state index contributed by atoms with van der Waals surface area (Å²) in [6.07, 6.45) is 12.2. The summed E-state index contributed by atoms with van der Waals surface area (Å²) in [5, 5.41) is 3.02. The highest BCUT2D eigenvalue weighted by atomic mass is 32.2. The van der Waals surface area contributed by atoms with Crippen LogP contribution in [-0.2, 0) is 24.6 Å². The Morgan fingerprint density at radius 1 is 1.14 bits per heavy atom. The number of pyridine rings is 1. The van der Waals surface area contributed by atoms with Crippen LogP contribution in [0, 0.1) is 29.6 Å². The van der Waals surface area contributed by atoms with Crippen LogP contribution in [0.1, 0.15) is 68.1 Å². The molecular formula is C24H35N3O7S. The van der Waals surface area contributed by atoms with Gasteiger partial charge in [0.1, 0.15) is 5.82 Å². The van der Waals surface area contributed by atoms with E-state index in [9.17, 15) is 13.2 Å². The monoisotopic (exact) mass is 509 g/mol. The first kappa shape index (κ1) is 24.9. The molecule has 0 atom stereocenters. The van der Waals surface area contributed by atoms with Crippen molar-refractivity contribution in [3.8, 4) is 0 Å². The third-order valence-electron chi connectivity index (χ3n) is 8.45. The Hall–Kier alpha value is -1.79. The third-order valence-corrected chi connectivity index (χ3v) is 8.45. The number of nitrogen functional groups attached to an aromatic ring is 1. The van der Waals surface area contributed by atoms with Crippen molar-refractivity contribution in [1.29, 1.82) is 0 Å². The van der Waals surface area contributed by atoms with Gasteiger partial charge in [-0.1, -0.05) is 0 Å². The van der Waals surface area contributed by atoms with Crippen LogP contribution in [0.5, 0.6) is 0 Å². The SMILES string of the molecule is CS(=O)(=O)O.Nc1ncccc1C(=O)NCC1CCC2(CC1)OOC1(O2)C2CC3CC(C2)CC1C3. The van der Waals surface area contributed by atoms with Crippen LogP contribution in [0.4, 0.5) is 5.82 Å². The minimum absolute atomic E-state index is 0.162. The molecule has 194 valence electrons. The molecular weight excluding hydrogens is 474 g/mol. The molecule has 6 aliphatic rings. The van der Waals surface area contributed by atoms with Crippen LogP contribution < -0.4 is 11.1 Å². The lowest BCUT2D eigenvalue weighted by molar-refractivity contribution is -0.390. The fraction of sp³-hybridized carbons (Fsp3) is 0.750. The molecule has 0 radical (unpaired) electrons. The van der Waals surface area contributed by atoms with Crippen LogP contribution in [-0.4, -0.2) is 48.2 Å². The quantitative estimate of drug-likeness (QED) is 0.413. The van der Waals surface area contributed by atoms with Gasteiger partial charge in [-0.15, -0.1) is 0 Å². The van der Waals surface area contributed by atoms with Gasteiger partial charge in [0.15, 0.2) is 0 Å². The summed E-state index contributed by atoms with van der Waals surface area (Å²) in [6.45, 7) is 0.629. The number of nitrogens with two attached hydrogens (primary N) is 1. The average Bonchev–Trinajstić information content (AvgIpc) is 3.16. The normalized spacial score (nSPS) is 39.4. The van der Waals surface area contributed by atoms with E-state index in [1.165, 1.54) is 32.1 Å². The fourth-order valence-corrected chi connectivity index (χ4v) is 7.06. The molecule has 0 aromatic carbocycles. The highest BCUT2D eigenvalue weighted by Gasteiger charge is 2.66. The maximum absolute atomic E-state index is 12.4. The van der Waals surface area contributed by atoms with E-state index in [4.69, 9.17) is 24.8 Å². The summed E-state index contributed by atoms with van der Waals surface area (Å²) >= 11 is 0. The Morgan fingerprint density at radius 2 is 1.74 bits per heavy atom. The van der Waals surface area contributed by atoms with E-state index >= 15 is 0 Å². The molecule has 35 heavy (non-hydrogen) atoms. The van der Waals surface area contributed by atoms with Gasteiger partial charge < -0.3 is 15.8 Å². The predicted octanol–water partition coefficient (Wildman–Crippen LogP) is 2.91. The minimum atomic E-state index is -3.67. The van der Waals surface area contributed by atoms with E-state index in [0.717, 1.165) is 37.5 Å². The van der Waals surface area contributed by atoms with Gasteiger partial charge in [-0.05, 0) is 74.8 Å². The first-order valence-corrected chi connectivity index (χ1v) is 14.4. The molecule has 0 unspecified atom stereocenters. The van der Waals surface area contributed by atoms with Gasteiger partial charge in [-0.3, -0.25) is 9.35 Å². The lowest BCUT2D eigenvalue weighted by atomic mass is 9.53. The van der Waals surface area contributed by atoms with Crippen molar-refractivity contribution in [2.75, 3.05) is 18.5 Å². The van der Waals surface area contributed by atoms with Gasteiger partial charge in [-0.2, -0.15) is 18.2 Å². The topological polar surface area (TPSA) is 150 Å². The Bertz CT molecular complexity index is 1020. The lowest BCUT2D eigenvalue weighted by Gasteiger charge is -2.57. The van der Waals surface area contributed by atoms with Gasteiger partial charge in [0.25, 0.3) is 16.0 Å². The number of aromatic nitrogens is 1. The molecule has 1 amide bonds. The van der Waals surface area contributed by atoms with E-state index in [0.29, 0.717) is 36.1 Å². The Morgan fingerprint density at radius 3 is 2.31 bits per heavy atom. The maximum atomic E-state index is 12.4. The number of carbonyl (C=O) groups excluding carboxylic acids is 1. The van der Waals surface area contributed by atoms with E-state index in [1.807, 2.05) is 0 Å². The molecule has 2 spiro atoms. The summed E-state index contributed by atoms with van der Waals surface area (Å²) in [7, 11) is -3.67. The third kappa shape index (κ3) is 5.20. The Labute approximate surface area is 206 Å². The molecule has 1 saturated heterocycles. The van der Waals surface area contributed by atoms with Crippen molar-refractivity contribution in [2.45, 2.75) is 69.4 Å². The molecule has 5 saturated carbocycles. The zero-order chi connectivity index (χ0) is 24.8. The van der Waals surface area contributed by atoms with Crippen molar-refractivity contribution in [3.63, 3.8) is 0 Å². The Balaban J connectivity index is 0.000000464. The minimum Gasteiger partial charge on any atom is -0.383 e. The first-order chi connectivity index (χ1) is 16.6. The van der Waals surface area contributed by atoms with Crippen molar-refractivity contribution in [3.05, 3.63) is 23.9 Å². The number of hydrogen-bond donors (Lipinski definition) is 3. The first-order valence-electron chi connectivity index (χ1n) is 12.5. The van der Waals surface area contributed by atoms with Crippen LogP contribution in [0.25, 0.3) is 0 Å². The number of nitrogens with one attached hydrogen (secondary N) is 1. The zero-order valence-corrected chi connectivity index (χ0v) is 20.8. The standard InChI is InChI=1S/C23H31N3O4.CH4O3S/c24-20-19(2-1-7-25-20)21(27)26-13-14-3-5-22(6-4-14)28-23(30-29-22)17-9-15-8-16(11-17)12-18(23)10-15;1-5(2,3)4/h1-2,7,14-18H,3-6,8-13H2,(H2,24,25)(H,26,27);1H3,(H,2,3,4). The molecule has 11 heteroatoms. The molecule has 6 fully saturated rings. The van der Waals surface area contributed by atoms with E-state index in [1.54, 1.807) is 18.3 Å². The van der Waals surface area contributed by atoms with Crippen molar-refractivity contribution >= 4 is 21.8 Å². The number of ether oxygens (including phenoxy) is 1. The van der Waals surface area contributed by atoms with E-state index in [2.05, 4.69) is 10.3 Å². The van der Waals surface area contributed by atoms with E-state index in [-0.39, 0.29) is 11.7 Å². The molecule has 2 heterocycles. The predicted molar refractivity (Wildman–Crippen MR) is 126 cm³/mol. The van der Waals surface area contributed by atoms with Crippen molar-refractivity contribution in [1.82, 2.24) is 10.3 Å². The van der Waals surface area contributed by atoms with Gasteiger partial charge in [0.05, 0.1) is 11.8 Å². The number of nitrogens with zero attached hydrogens (tertiary/aromatic N) is 1. The summed E-state index contributed by atoms with van der Waals surface area (Å²) in [4.78, 5) is 28.5. The number of carbonyl (C=O) groups is 1. The molecule has 10 nitrogen and oxygen atoms in total. The zero-order valence-electron chi connectivity index (χ0n) is 20.0. The van der Waals surface area contributed by atoms with Crippen molar-refractivity contribution < 1.29 is 32.3 Å². The summed E-state index contributed by atoms with van der Waals surface area (Å²) < 4.78 is 32.6. The second-order valence-electron chi connectivity index (χ2n) is 11.0. The molecule has 1 aromatic heterocycles. The second kappa shape index (κ2) is 9.26. The molecule has 4 N–H and O–H groups in total. The maximum Gasteiger partial charge on any atom is 0.261 e. The number of amides is 1. The largest absolute Gasteiger partial charge is 0.383 e. The number of anilines is 1. The summed E-state index contributed by atoms with van der Waals surface area (Å²) in [6, 6.07) is 3.43. The van der Waals surface area contributed by atoms with Gasteiger partial charge in [0.2, 0.25) is 11.6 Å². The molecule has 7 rings (SSSR count). The van der Waals surface area contributed by atoms with Gasteiger partial charge in [0, 0.05) is 37.4 Å². The smallest absolute Gasteiger partial charge is 0.261 e. The summed E-state index contributed by atoms with van der Waals surface area (Å²) in [5.41, 5.74) is 6.24. The lowest BCUT2D eigenvalue weighted by Crippen LogP contribution is -2.59. The molecule has 1 aliphatic heterocycles. The van der Waals surface area contributed by atoms with Gasteiger partial charge >= 0.3 is 0 Å². The average molecular weight is 510 g/mol. The highest BCUT2D eigenvalue weighted by Crippen LogP contribution is 2.63. The van der Waals surface area contributed by atoms with Crippen LogP contribution in [0.15, 0.2) is 18.3 Å². The van der Waals surface area contributed by atoms with Crippen LogP contribution in [0.3, 0.4) is 0 Å². The molecule has 1 aromatic rings. The number of hydrogen-bond acceptors (Lipinski definition) is 8. The molecule has 4 bridgehead atoms. The second-order valence-corrected chi connectivity index (χ2v) is 12.5. The van der Waals surface area contributed by atoms with Crippen LogP contribution in [0.2, 0.25) is 0 Å². The molecule has 5 aliphatic carbocycles. The Kier molecular flexibility index (Phi) is 6.58. The van der Waals surface area contributed by atoms with Gasteiger partial charge in [-0.25, -0.2) is 4.98 Å². The summed E-state index contributed by atoms with van der Waals surface area (Å²) in [5.74, 6) is 2.15.